The fourth-order valence-electron chi connectivity index (χ4n) is 1.93. The van der Waals surface area contributed by atoms with Gasteiger partial charge in [0.15, 0.2) is 0 Å². The van der Waals surface area contributed by atoms with Gasteiger partial charge in [-0.3, -0.25) is 4.79 Å². The van der Waals surface area contributed by atoms with Crippen LogP contribution in [0.2, 0.25) is 0 Å². The molecule has 0 spiro atoms. The Morgan fingerprint density at radius 3 is 2.65 bits per heavy atom. The van der Waals surface area contributed by atoms with Crippen molar-refractivity contribution < 1.29 is 4.79 Å². The normalized spacial score (nSPS) is 10.3. The molecule has 0 fully saturated rings. The topological polar surface area (TPSA) is 59.0 Å². The molecule has 0 atom stereocenters. The van der Waals surface area contributed by atoms with Crippen molar-refractivity contribution in [2.24, 2.45) is 7.05 Å². The maximum Gasteiger partial charge on any atom is 0.224 e. The lowest BCUT2D eigenvalue weighted by Crippen LogP contribution is -2.24. The summed E-state index contributed by atoms with van der Waals surface area (Å²) in [5.74, 6) is 0.0584. The number of likely N-dealkylation sites (N-methyl/N-ethyl adjacent to an activating group) is 1. The predicted molar refractivity (Wildman–Crippen MR) is 79.4 cm³/mol. The second-order valence-electron chi connectivity index (χ2n) is 4.68. The lowest BCUT2D eigenvalue weighted by Gasteiger charge is -2.08. The van der Waals surface area contributed by atoms with Crippen molar-refractivity contribution in [1.82, 2.24) is 14.9 Å². The van der Waals surface area contributed by atoms with Crippen molar-refractivity contribution in [3.63, 3.8) is 0 Å². The number of carbonyl (C=O) groups is 1. The van der Waals surface area contributed by atoms with Gasteiger partial charge in [-0.1, -0.05) is 12.1 Å². The van der Waals surface area contributed by atoms with Gasteiger partial charge in [-0.2, -0.15) is 0 Å². The Labute approximate surface area is 119 Å². The number of carbonyl (C=O) groups excluding carboxylic acids is 1. The van der Waals surface area contributed by atoms with Gasteiger partial charge < -0.3 is 15.2 Å². The molecule has 2 rings (SSSR count). The number of hydrogen-bond acceptors (Lipinski definition) is 3. The number of benzene rings is 1. The molecule has 0 aliphatic heterocycles. The van der Waals surface area contributed by atoms with Crippen molar-refractivity contribution in [2.75, 3.05) is 11.9 Å². The highest BCUT2D eigenvalue weighted by Crippen LogP contribution is 2.11. The Morgan fingerprint density at radius 2 is 2.05 bits per heavy atom. The molecule has 0 unspecified atom stereocenters. The van der Waals surface area contributed by atoms with Crippen LogP contribution in [-0.4, -0.2) is 22.0 Å². The molecule has 1 amide bonds. The van der Waals surface area contributed by atoms with Crippen LogP contribution in [0.5, 0.6) is 0 Å². The van der Waals surface area contributed by atoms with Crippen molar-refractivity contribution in [3.8, 4) is 0 Å². The molecule has 2 aromatic rings. The second kappa shape index (κ2) is 6.75. The largest absolute Gasteiger partial charge is 0.379 e. The van der Waals surface area contributed by atoms with E-state index in [1.54, 1.807) is 6.33 Å². The summed E-state index contributed by atoms with van der Waals surface area (Å²) in [6.45, 7) is 3.32. The van der Waals surface area contributed by atoms with Gasteiger partial charge in [-0.25, -0.2) is 4.98 Å². The maximum absolute atomic E-state index is 11.5. The summed E-state index contributed by atoms with van der Waals surface area (Å²) in [5, 5.41) is 6.13. The average molecular weight is 272 g/mol. The SMILES string of the molecule is CCNC(=O)Cc1ccc(NCc2cncn2C)cc1. The van der Waals surface area contributed by atoms with E-state index in [4.69, 9.17) is 0 Å². The highest BCUT2D eigenvalue weighted by molar-refractivity contribution is 5.78. The van der Waals surface area contributed by atoms with Gasteiger partial charge in [0.05, 0.1) is 25.0 Å². The van der Waals surface area contributed by atoms with E-state index in [0.29, 0.717) is 13.0 Å². The first-order chi connectivity index (χ1) is 9.69. The molecule has 0 saturated carbocycles. The first kappa shape index (κ1) is 14.1. The van der Waals surface area contributed by atoms with Crippen LogP contribution in [0, 0.1) is 0 Å². The number of nitrogens with one attached hydrogen (secondary N) is 2. The summed E-state index contributed by atoms with van der Waals surface area (Å²) in [6.07, 6.45) is 4.05. The number of aryl methyl sites for hydroxylation is 1. The lowest BCUT2D eigenvalue weighted by molar-refractivity contribution is -0.120. The Hall–Kier alpha value is -2.30. The zero-order chi connectivity index (χ0) is 14.4. The quantitative estimate of drug-likeness (QED) is 0.841. The van der Waals surface area contributed by atoms with Crippen LogP contribution in [0.3, 0.4) is 0 Å². The monoisotopic (exact) mass is 272 g/mol. The molecule has 1 aromatic carbocycles. The molecule has 5 nitrogen and oxygen atoms in total. The molecule has 106 valence electrons. The summed E-state index contributed by atoms with van der Waals surface area (Å²) in [6, 6.07) is 7.93. The van der Waals surface area contributed by atoms with Crippen LogP contribution in [0.15, 0.2) is 36.8 Å². The molecule has 20 heavy (non-hydrogen) atoms. The zero-order valence-electron chi connectivity index (χ0n) is 11.9. The maximum atomic E-state index is 11.5. The number of amides is 1. The zero-order valence-corrected chi connectivity index (χ0v) is 11.9. The fourth-order valence-corrected chi connectivity index (χ4v) is 1.93. The number of anilines is 1. The Kier molecular flexibility index (Phi) is 4.76. The molecule has 1 aromatic heterocycles. The smallest absolute Gasteiger partial charge is 0.224 e. The summed E-state index contributed by atoms with van der Waals surface area (Å²) >= 11 is 0. The molecular formula is C15H20N4O. The standard InChI is InChI=1S/C15H20N4O/c1-3-17-15(20)8-12-4-6-13(7-5-12)18-10-14-9-16-11-19(14)2/h4-7,9,11,18H,3,8,10H2,1-2H3,(H,17,20). The van der Waals surface area contributed by atoms with E-state index in [-0.39, 0.29) is 5.91 Å². The van der Waals surface area contributed by atoms with E-state index in [1.165, 1.54) is 0 Å². The van der Waals surface area contributed by atoms with Gasteiger partial charge in [-0.15, -0.1) is 0 Å². The third-order valence-corrected chi connectivity index (χ3v) is 3.08. The first-order valence-electron chi connectivity index (χ1n) is 6.73. The van der Waals surface area contributed by atoms with E-state index in [0.717, 1.165) is 23.5 Å². The first-order valence-corrected chi connectivity index (χ1v) is 6.73. The molecule has 0 radical (unpaired) electrons. The van der Waals surface area contributed by atoms with Gasteiger partial charge in [0, 0.05) is 25.5 Å². The van der Waals surface area contributed by atoms with Crippen molar-refractivity contribution >= 4 is 11.6 Å². The molecule has 0 bridgehead atoms. The fraction of sp³-hybridized carbons (Fsp3) is 0.333. The van der Waals surface area contributed by atoms with E-state index >= 15 is 0 Å². The average Bonchev–Trinajstić information content (AvgIpc) is 2.84. The van der Waals surface area contributed by atoms with Gasteiger partial charge in [0.2, 0.25) is 5.91 Å². The van der Waals surface area contributed by atoms with Crippen molar-refractivity contribution in [1.29, 1.82) is 0 Å². The minimum atomic E-state index is 0.0584. The van der Waals surface area contributed by atoms with Crippen LogP contribution in [0.25, 0.3) is 0 Å². The van der Waals surface area contributed by atoms with Gasteiger partial charge >= 0.3 is 0 Å². The third-order valence-electron chi connectivity index (χ3n) is 3.08. The minimum Gasteiger partial charge on any atom is -0.379 e. The molecular weight excluding hydrogens is 252 g/mol. The van der Waals surface area contributed by atoms with Crippen molar-refractivity contribution in [2.45, 2.75) is 19.9 Å². The van der Waals surface area contributed by atoms with E-state index < -0.39 is 0 Å². The summed E-state index contributed by atoms with van der Waals surface area (Å²) < 4.78 is 1.98. The van der Waals surface area contributed by atoms with Gasteiger partial charge in [-0.05, 0) is 24.6 Å². The summed E-state index contributed by atoms with van der Waals surface area (Å²) in [7, 11) is 1.97. The highest BCUT2D eigenvalue weighted by atomic mass is 16.1. The predicted octanol–water partition coefficient (Wildman–Crippen LogP) is 1.71. The Bertz CT molecular complexity index is 560. The molecule has 0 saturated heterocycles. The number of rotatable bonds is 6. The van der Waals surface area contributed by atoms with Crippen LogP contribution in [0.1, 0.15) is 18.2 Å². The van der Waals surface area contributed by atoms with Crippen LogP contribution < -0.4 is 10.6 Å². The number of nitrogens with zero attached hydrogens (tertiary/aromatic N) is 2. The van der Waals surface area contributed by atoms with Gasteiger partial charge in [0.25, 0.3) is 0 Å². The number of aromatic nitrogens is 2. The second-order valence-corrected chi connectivity index (χ2v) is 4.68. The third kappa shape index (κ3) is 3.85. The number of hydrogen-bond donors (Lipinski definition) is 2. The van der Waals surface area contributed by atoms with E-state index in [1.807, 2.05) is 49.0 Å². The van der Waals surface area contributed by atoms with Crippen molar-refractivity contribution in [3.05, 3.63) is 48.0 Å². The van der Waals surface area contributed by atoms with E-state index in [2.05, 4.69) is 15.6 Å². The molecule has 1 heterocycles. The Balaban J connectivity index is 1.88. The summed E-state index contributed by atoms with van der Waals surface area (Å²) in [5.41, 5.74) is 3.17. The molecule has 0 aliphatic carbocycles. The van der Waals surface area contributed by atoms with Crippen LogP contribution >= 0.6 is 0 Å². The molecule has 2 N–H and O–H groups in total. The molecule has 5 heteroatoms. The molecule has 0 aliphatic rings. The number of imidazole rings is 1. The van der Waals surface area contributed by atoms with Crippen LogP contribution in [-0.2, 0) is 24.8 Å². The summed E-state index contributed by atoms with van der Waals surface area (Å²) in [4.78, 5) is 15.6. The van der Waals surface area contributed by atoms with Gasteiger partial charge in [0.1, 0.15) is 0 Å². The highest BCUT2D eigenvalue weighted by Gasteiger charge is 2.02. The Morgan fingerprint density at radius 1 is 1.30 bits per heavy atom. The minimum absolute atomic E-state index is 0.0584. The van der Waals surface area contributed by atoms with Crippen LogP contribution in [0.4, 0.5) is 5.69 Å². The van der Waals surface area contributed by atoms with E-state index in [9.17, 15) is 4.79 Å². The lowest BCUT2D eigenvalue weighted by atomic mass is 10.1.